The summed E-state index contributed by atoms with van der Waals surface area (Å²) in [4.78, 5) is 2.16. The Bertz CT molecular complexity index is 554. The number of hydrogen-bond donors (Lipinski definition) is 1. The van der Waals surface area contributed by atoms with Crippen molar-refractivity contribution in [2.75, 3.05) is 13.6 Å². The minimum atomic E-state index is -0.159. The summed E-state index contributed by atoms with van der Waals surface area (Å²) in [5.41, 5.74) is 8.43. The number of aryl methyl sites for hydroxylation is 1. The Morgan fingerprint density at radius 2 is 1.81 bits per heavy atom. The summed E-state index contributed by atoms with van der Waals surface area (Å²) in [5.74, 6) is -0.159. The van der Waals surface area contributed by atoms with Gasteiger partial charge in [0.1, 0.15) is 5.82 Å². The quantitative estimate of drug-likeness (QED) is 0.846. The first-order valence-corrected chi connectivity index (χ1v) is 7.39. The minimum absolute atomic E-state index is 0.159. The maximum Gasteiger partial charge on any atom is 0.128 e. The highest BCUT2D eigenvalue weighted by molar-refractivity contribution is 5.24. The van der Waals surface area contributed by atoms with Crippen molar-refractivity contribution in [3.8, 4) is 0 Å². The topological polar surface area (TPSA) is 29.3 Å². The summed E-state index contributed by atoms with van der Waals surface area (Å²) in [7, 11) is 2.03. The Labute approximate surface area is 126 Å². The van der Waals surface area contributed by atoms with Crippen LogP contribution in [0.4, 0.5) is 4.39 Å². The Morgan fingerprint density at radius 3 is 2.48 bits per heavy atom. The van der Waals surface area contributed by atoms with Gasteiger partial charge in [-0.3, -0.25) is 0 Å². The summed E-state index contributed by atoms with van der Waals surface area (Å²) in [6.07, 6.45) is 2.13. The van der Waals surface area contributed by atoms with Gasteiger partial charge < -0.3 is 10.6 Å². The van der Waals surface area contributed by atoms with E-state index >= 15 is 0 Å². The van der Waals surface area contributed by atoms with Crippen LogP contribution in [-0.2, 0) is 19.5 Å². The number of nitrogens with zero attached hydrogens (tertiary/aromatic N) is 1. The largest absolute Gasteiger partial charge is 0.326 e. The van der Waals surface area contributed by atoms with Gasteiger partial charge in [0, 0.05) is 18.7 Å². The third kappa shape index (κ3) is 4.96. The van der Waals surface area contributed by atoms with Gasteiger partial charge in [-0.15, -0.1) is 0 Å². The van der Waals surface area contributed by atoms with E-state index in [-0.39, 0.29) is 5.82 Å². The normalized spacial score (nSPS) is 11.0. The van der Waals surface area contributed by atoms with E-state index in [0.29, 0.717) is 13.1 Å². The number of nitrogens with two attached hydrogens (primary N) is 1. The lowest BCUT2D eigenvalue weighted by Crippen LogP contribution is -2.20. The maximum atomic E-state index is 13.9. The minimum Gasteiger partial charge on any atom is -0.326 e. The van der Waals surface area contributed by atoms with Crippen LogP contribution >= 0.6 is 0 Å². The first kappa shape index (κ1) is 15.7. The summed E-state index contributed by atoms with van der Waals surface area (Å²) in [5, 5.41) is 0. The van der Waals surface area contributed by atoms with Gasteiger partial charge in [-0.1, -0.05) is 42.5 Å². The van der Waals surface area contributed by atoms with E-state index in [1.165, 1.54) is 11.6 Å². The smallest absolute Gasteiger partial charge is 0.128 e. The zero-order chi connectivity index (χ0) is 15.1. The van der Waals surface area contributed by atoms with E-state index in [9.17, 15) is 4.39 Å². The van der Waals surface area contributed by atoms with Crippen molar-refractivity contribution in [1.82, 2.24) is 4.90 Å². The lowest BCUT2D eigenvalue weighted by Gasteiger charge is -2.17. The molecule has 2 nitrogen and oxygen atoms in total. The van der Waals surface area contributed by atoms with Gasteiger partial charge in [0.2, 0.25) is 0 Å². The van der Waals surface area contributed by atoms with E-state index in [1.807, 2.05) is 25.2 Å². The Balaban J connectivity index is 1.80. The molecule has 0 aromatic heterocycles. The second-order valence-corrected chi connectivity index (χ2v) is 5.46. The van der Waals surface area contributed by atoms with Gasteiger partial charge in [-0.2, -0.15) is 0 Å². The molecule has 0 saturated carbocycles. The van der Waals surface area contributed by atoms with Crippen molar-refractivity contribution in [3.63, 3.8) is 0 Å². The molecular weight excluding hydrogens is 263 g/mol. The molecule has 0 bridgehead atoms. The molecule has 21 heavy (non-hydrogen) atoms. The van der Waals surface area contributed by atoms with Gasteiger partial charge in [-0.25, -0.2) is 4.39 Å². The second kappa shape index (κ2) is 7.91. The van der Waals surface area contributed by atoms with Crippen molar-refractivity contribution >= 4 is 0 Å². The lowest BCUT2D eigenvalue weighted by atomic mass is 10.1. The maximum absolute atomic E-state index is 13.9. The van der Waals surface area contributed by atoms with Crippen LogP contribution < -0.4 is 5.73 Å². The molecule has 0 aliphatic rings. The Kier molecular flexibility index (Phi) is 5.90. The summed E-state index contributed by atoms with van der Waals surface area (Å²) >= 11 is 0. The highest BCUT2D eigenvalue weighted by Gasteiger charge is 2.06. The Morgan fingerprint density at radius 1 is 1.05 bits per heavy atom. The summed E-state index contributed by atoms with van der Waals surface area (Å²) in [6, 6.07) is 15.7. The monoisotopic (exact) mass is 286 g/mol. The van der Waals surface area contributed by atoms with Crippen molar-refractivity contribution < 1.29 is 4.39 Å². The fourth-order valence-corrected chi connectivity index (χ4v) is 2.41. The van der Waals surface area contributed by atoms with Crippen LogP contribution in [0.2, 0.25) is 0 Å². The van der Waals surface area contributed by atoms with Crippen LogP contribution in [0.15, 0.2) is 48.5 Å². The molecular formula is C18H23FN2. The van der Waals surface area contributed by atoms with Crippen molar-refractivity contribution in [1.29, 1.82) is 0 Å². The molecule has 0 saturated heterocycles. The zero-order valence-corrected chi connectivity index (χ0v) is 12.6. The van der Waals surface area contributed by atoms with Crippen LogP contribution in [0.5, 0.6) is 0 Å². The molecule has 0 radical (unpaired) electrons. The van der Waals surface area contributed by atoms with E-state index in [1.54, 1.807) is 0 Å². The first-order valence-electron chi connectivity index (χ1n) is 7.39. The van der Waals surface area contributed by atoms with E-state index in [4.69, 9.17) is 5.73 Å². The number of halogens is 1. The number of rotatable bonds is 7. The van der Waals surface area contributed by atoms with Gasteiger partial charge >= 0.3 is 0 Å². The van der Waals surface area contributed by atoms with Crippen LogP contribution in [0.1, 0.15) is 23.1 Å². The van der Waals surface area contributed by atoms with Gasteiger partial charge in [0.15, 0.2) is 0 Å². The molecule has 0 heterocycles. The predicted octanol–water partition coefficient (Wildman–Crippen LogP) is 3.35. The third-order valence-electron chi connectivity index (χ3n) is 3.64. The highest BCUT2D eigenvalue weighted by Crippen LogP contribution is 2.13. The SMILES string of the molecule is CN(CCCc1ccccc1)Cc1ccc(CN)cc1F. The lowest BCUT2D eigenvalue weighted by molar-refractivity contribution is 0.317. The molecule has 0 atom stereocenters. The van der Waals surface area contributed by atoms with Crippen LogP contribution in [-0.4, -0.2) is 18.5 Å². The first-order chi connectivity index (χ1) is 10.2. The number of hydrogen-bond acceptors (Lipinski definition) is 2. The zero-order valence-electron chi connectivity index (χ0n) is 12.6. The molecule has 2 aromatic rings. The van der Waals surface area contributed by atoms with Gasteiger partial charge in [-0.05, 0) is 43.6 Å². The van der Waals surface area contributed by atoms with Crippen LogP contribution in [0.3, 0.4) is 0 Å². The van der Waals surface area contributed by atoms with Crippen molar-refractivity contribution in [3.05, 3.63) is 71.0 Å². The standard InChI is InChI=1S/C18H23FN2/c1-21(11-5-8-15-6-3-2-4-7-15)14-17-10-9-16(13-20)12-18(17)19/h2-4,6-7,9-10,12H,5,8,11,13-14,20H2,1H3. The highest BCUT2D eigenvalue weighted by atomic mass is 19.1. The van der Waals surface area contributed by atoms with E-state index < -0.39 is 0 Å². The molecule has 2 aromatic carbocycles. The van der Waals surface area contributed by atoms with Crippen molar-refractivity contribution in [2.24, 2.45) is 5.73 Å². The van der Waals surface area contributed by atoms with Crippen LogP contribution in [0, 0.1) is 5.82 Å². The third-order valence-corrected chi connectivity index (χ3v) is 3.64. The average molecular weight is 286 g/mol. The van der Waals surface area contributed by atoms with E-state index in [2.05, 4.69) is 29.2 Å². The van der Waals surface area contributed by atoms with Gasteiger partial charge in [0.05, 0.1) is 0 Å². The molecule has 3 heteroatoms. The Hall–Kier alpha value is -1.71. The molecule has 0 aliphatic carbocycles. The molecule has 2 rings (SSSR count). The fourth-order valence-electron chi connectivity index (χ4n) is 2.41. The van der Waals surface area contributed by atoms with Gasteiger partial charge in [0.25, 0.3) is 0 Å². The molecule has 0 unspecified atom stereocenters. The van der Waals surface area contributed by atoms with Crippen LogP contribution in [0.25, 0.3) is 0 Å². The predicted molar refractivity (Wildman–Crippen MR) is 85.4 cm³/mol. The second-order valence-electron chi connectivity index (χ2n) is 5.46. The van der Waals surface area contributed by atoms with Crippen molar-refractivity contribution in [2.45, 2.75) is 25.9 Å². The molecule has 0 amide bonds. The average Bonchev–Trinajstić information content (AvgIpc) is 2.50. The molecule has 0 spiro atoms. The molecule has 0 fully saturated rings. The fraction of sp³-hybridized carbons (Fsp3) is 0.333. The molecule has 0 aliphatic heterocycles. The molecule has 2 N–H and O–H groups in total. The summed E-state index contributed by atoms with van der Waals surface area (Å²) in [6.45, 7) is 1.96. The molecule has 112 valence electrons. The number of benzene rings is 2. The van der Waals surface area contributed by atoms with E-state index in [0.717, 1.165) is 30.5 Å². The summed E-state index contributed by atoms with van der Waals surface area (Å²) < 4.78 is 13.9.